The third kappa shape index (κ3) is 6.49. The van der Waals surface area contributed by atoms with Crippen molar-refractivity contribution < 1.29 is 17.9 Å². The summed E-state index contributed by atoms with van der Waals surface area (Å²) in [6.07, 6.45) is 0. The third-order valence-electron chi connectivity index (χ3n) is 4.95. The van der Waals surface area contributed by atoms with Crippen LogP contribution in [0.25, 0.3) is 0 Å². The number of nitrogens with zero attached hydrogens (tertiary/aromatic N) is 1. The lowest BCUT2D eigenvalue weighted by molar-refractivity contribution is -0.119. The van der Waals surface area contributed by atoms with E-state index in [1.807, 2.05) is 39.0 Å². The smallest absolute Gasteiger partial charge is 0.264 e. The van der Waals surface area contributed by atoms with E-state index in [0.717, 1.165) is 26.7 Å². The van der Waals surface area contributed by atoms with Crippen LogP contribution in [0.3, 0.4) is 0 Å². The van der Waals surface area contributed by atoms with Gasteiger partial charge in [0.15, 0.2) is 0 Å². The van der Waals surface area contributed by atoms with Crippen LogP contribution in [0.5, 0.6) is 5.75 Å². The molecule has 3 rings (SSSR count). The van der Waals surface area contributed by atoms with Crippen molar-refractivity contribution in [3.63, 3.8) is 0 Å². The van der Waals surface area contributed by atoms with E-state index >= 15 is 0 Å². The van der Waals surface area contributed by atoms with E-state index < -0.39 is 15.9 Å². The van der Waals surface area contributed by atoms with Crippen LogP contribution < -0.4 is 14.4 Å². The van der Waals surface area contributed by atoms with Gasteiger partial charge in [-0.25, -0.2) is 8.42 Å². The molecule has 0 heterocycles. The molecule has 1 N–H and O–H groups in total. The maximum Gasteiger partial charge on any atom is 0.264 e. The molecule has 0 aromatic heterocycles. The van der Waals surface area contributed by atoms with Crippen LogP contribution in [0.2, 0.25) is 5.02 Å². The topological polar surface area (TPSA) is 75.7 Å². The lowest BCUT2D eigenvalue weighted by Crippen LogP contribution is -2.42. The normalized spacial score (nSPS) is 11.2. The summed E-state index contributed by atoms with van der Waals surface area (Å²) in [5, 5.41) is 3.15. The molecule has 6 nitrogen and oxygen atoms in total. The molecule has 0 atom stereocenters. The Balaban J connectivity index is 1.71. The van der Waals surface area contributed by atoms with Gasteiger partial charge in [0, 0.05) is 5.02 Å². The average molecular weight is 487 g/mol. The van der Waals surface area contributed by atoms with E-state index in [1.165, 1.54) is 12.1 Å². The molecule has 174 valence electrons. The van der Waals surface area contributed by atoms with Gasteiger partial charge in [-0.3, -0.25) is 9.10 Å². The number of carbonyl (C=O) groups excluding carboxylic acids is 1. The lowest BCUT2D eigenvalue weighted by Gasteiger charge is -2.24. The predicted molar refractivity (Wildman–Crippen MR) is 132 cm³/mol. The van der Waals surface area contributed by atoms with Crippen LogP contribution in [0, 0.1) is 20.8 Å². The minimum Gasteiger partial charge on any atom is -0.492 e. The number of anilines is 1. The lowest BCUT2D eigenvalue weighted by atomic mass is 10.1. The van der Waals surface area contributed by atoms with Gasteiger partial charge in [0.1, 0.15) is 18.9 Å². The fourth-order valence-electron chi connectivity index (χ4n) is 3.33. The molecule has 0 saturated carbocycles. The monoisotopic (exact) mass is 486 g/mol. The molecule has 33 heavy (non-hydrogen) atoms. The summed E-state index contributed by atoms with van der Waals surface area (Å²) < 4.78 is 33.4. The van der Waals surface area contributed by atoms with Gasteiger partial charge in [0.2, 0.25) is 5.91 Å². The highest BCUT2D eigenvalue weighted by atomic mass is 35.5. The molecule has 0 aliphatic carbocycles. The fraction of sp³-hybridized carbons (Fsp3) is 0.240. The van der Waals surface area contributed by atoms with Crippen LogP contribution in [-0.2, 0) is 14.8 Å². The highest BCUT2D eigenvalue weighted by Crippen LogP contribution is 2.28. The van der Waals surface area contributed by atoms with E-state index in [4.69, 9.17) is 16.3 Å². The first-order chi connectivity index (χ1) is 15.7. The highest BCUT2D eigenvalue weighted by Gasteiger charge is 2.27. The number of ether oxygens (including phenoxy) is 1. The number of rotatable bonds is 9. The molecule has 3 aromatic carbocycles. The molecule has 1 amide bonds. The molecule has 0 bridgehead atoms. The van der Waals surface area contributed by atoms with Crippen molar-refractivity contribution in [1.82, 2.24) is 5.32 Å². The van der Waals surface area contributed by atoms with E-state index in [9.17, 15) is 13.2 Å². The first kappa shape index (κ1) is 24.6. The SMILES string of the molecule is Cc1cc(C)cc(OCCNC(=O)CN(c2ccc(C)c(Cl)c2)S(=O)(=O)c2ccccc2)c1. The van der Waals surface area contributed by atoms with Crippen molar-refractivity contribution in [2.45, 2.75) is 25.7 Å². The third-order valence-corrected chi connectivity index (χ3v) is 7.15. The number of hydrogen-bond acceptors (Lipinski definition) is 4. The molecule has 8 heteroatoms. The van der Waals surface area contributed by atoms with Gasteiger partial charge in [0.25, 0.3) is 10.0 Å². The summed E-state index contributed by atoms with van der Waals surface area (Å²) in [6, 6.07) is 18.8. The zero-order valence-corrected chi connectivity index (χ0v) is 20.4. The number of sulfonamides is 1. The van der Waals surface area contributed by atoms with Crippen molar-refractivity contribution >= 4 is 33.2 Å². The summed E-state index contributed by atoms with van der Waals surface area (Å²) in [4.78, 5) is 12.8. The van der Waals surface area contributed by atoms with Gasteiger partial charge >= 0.3 is 0 Å². The molecule has 0 spiro atoms. The van der Waals surface area contributed by atoms with Gasteiger partial charge in [0.05, 0.1) is 17.1 Å². The highest BCUT2D eigenvalue weighted by molar-refractivity contribution is 7.92. The Bertz CT molecular complexity index is 1210. The Kier molecular flexibility index (Phi) is 8.00. The molecule has 3 aromatic rings. The number of halogens is 1. The number of nitrogens with one attached hydrogen (secondary N) is 1. The van der Waals surface area contributed by atoms with Crippen LogP contribution in [0.1, 0.15) is 16.7 Å². The molecule has 0 fully saturated rings. The quantitative estimate of drug-likeness (QED) is 0.446. The largest absolute Gasteiger partial charge is 0.492 e. The van der Waals surface area contributed by atoms with E-state index in [2.05, 4.69) is 5.32 Å². The standard InChI is InChI=1S/C25H27ClN2O4S/c1-18-13-19(2)15-22(14-18)32-12-11-27-25(29)17-28(21-10-9-20(3)24(26)16-21)33(30,31)23-7-5-4-6-8-23/h4-10,13-16H,11-12,17H2,1-3H3,(H,27,29). The first-order valence-corrected chi connectivity index (χ1v) is 12.3. The van der Waals surface area contributed by atoms with Gasteiger partial charge in [-0.1, -0.05) is 41.9 Å². The summed E-state index contributed by atoms with van der Waals surface area (Å²) in [5.41, 5.74) is 3.31. The molecule has 0 aliphatic heterocycles. The molecule has 0 saturated heterocycles. The molecule has 0 radical (unpaired) electrons. The molecule has 0 unspecified atom stereocenters. The number of carbonyl (C=O) groups is 1. The summed E-state index contributed by atoms with van der Waals surface area (Å²) >= 11 is 6.23. The number of amides is 1. The Hall–Kier alpha value is -3.03. The van der Waals surface area contributed by atoms with E-state index in [0.29, 0.717) is 10.7 Å². The second kappa shape index (κ2) is 10.7. The van der Waals surface area contributed by atoms with Crippen molar-refractivity contribution in [3.8, 4) is 5.75 Å². The summed E-state index contributed by atoms with van der Waals surface area (Å²) in [6.45, 7) is 5.91. The molecule has 0 aliphatic rings. The van der Waals surface area contributed by atoms with Gasteiger partial charge in [-0.05, 0) is 73.9 Å². The van der Waals surface area contributed by atoms with Crippen LogP contribution in [0.15, 0.2) is 71.6 Å². The van der Waals surface area contributed by atoms with Crippen molar-refractivity contribution in [2.24, 2.45) is 0 Å². The van der Waals surface area contributed by atoms with Gasteiger partial charge in [-0.15, -0.1) is 0 Å². The van der Waals surface area contributed by atoms with E-state index in [1.54, 1.807) is 36.4 Å². The first-order valence-electron chi connectivity index (χ1n) is 10.5. The van der Waals surface area contributed by atoms with Crippen LogP contribution in [-0.4, -0.2) is 34.0 Å². The van der Waals surface area contributed by atoms with Crippen molar-refractivity contribution in [2.75, 3.05) is 24.0 Å². The average Bonchev–Trinajstić information content (AvgIpc) is 2.77. The number of benzene rings is 3. The Labute approximate surface area is 200 Å². The van der Waals surface area contributed by atoms with Gasteiger partial charge < -0.3 is 10.1 Å². The van der Waals surface area contributed by atoms with Crippen LogP contribution in [0.4, 0.5) is 5.69 Å². The predicted octanol–water partition coefficient (Wildman–Crippen LogP) is 4.66. The number of hydrogen-bond donors (Lipinski definition) is 1. The Morgan fingerprint density at radius 2 is 1.64 bits per heavy atom. The van der Waals surface area contributed by atoms with Gasteiger partial charge in [-0.2, -0.15) is 0 Å². The zero-order valence-electron chi connectivity index (χ0n) is 18.8. The minimum atomic E-state index is -3.98. The minimum absolute atomic E-state index is 0.0904. The van der Waals surface area contributed by atoms with E-state index in [-0.39, 0.29) is 24.6 Å². The summed E-state index contributed by atoms with van der Waals surface area (Å²) in [7, 11) is -3.98. The zero-order chi connectivity index (χ0) is 24.0. The maximum atomic E-state index is 13.3. The van der Waals surface area contributed by atoms with Crippen molar-refractivity contribution in [3.05, 3.63) is 88.4 Å². The fourth-order valence-corrected chi connectivity index (χ4v) is 4.94. The van der Waals surface area contributed by atoms with Crippen LogP contribution >= 0.6 is 11.6 Å². The molecular formula is C25H27ClN2O4S. The Morgan fingerprint density at radius 3 is 2.27 bits per heavy atom. The maximum absolute atomic E-state index is 13.3. The summed E-state index contributed by atoms with van der Waals surface area (Å²) in [5.74, 6) is 0.277. The second-order valence-corrected chi connectivity index (χ2v) is 10.0. The number of aryl methyl sites for hydroxylation is 3. The van der Waals surface area contributed by atoms with Crippen molar-refractivity contribution in [1.29, 1.82) is 0 Å². The second-order valence-electron chi connectivity index (χ2n) is 7.78. The molecular weight excluding hydrogens is 460 g/mol. The Morgan fingerprint density at radius 1 is 0.970 bits per heavy atom.